The molecule has 3 aliphatic heterocycles. The van der Waals surface area contributed by atoms with Crippen molar-refractivity contribution in [2.24, 2.45) is 0 Å². The third-order valence-electron chi connectivity index (χ3n) is 9.67. The third-order valence-corrected chi connectivity index (χ3v) is 9.87. The Hall–Kier alpha value is -4.31. The summed E-state index contributed by atoms with van der Waals surface area (Å²) < 4.78 is 86.8. The van der Waals surface area contributed by atoms with Crippen molar-refractivity contribution in [3.8, 4) is 23.1 Å². The first kappa shape index (κ1) is 33.2. The number of fused-ring (bicyclic) bond motifs is 1. The van der Waals surface area contributed by atoms with Gasteiger partial charge in [-0.15, -0.1) is 0 Å². The van der Waals surface area contributed by atoms with Crippen molar-refractivity contribution in [2.75, 3.05) is 42.7 Å². The molecule has 4 N–H and O–H groups in total. The van der Waals surface area contributed by atoms with Crippen molar-refractivity contribution in [1.82, 2.24) is 29.8 Å². The van der Waals surface area contributed by atoms with Gasteiger partial charge in [-0.3, -0.25) is 4.90 Å². The zero-order valence-electron chi connectivity index (χ0n) is 26.8. The molecule has 0 bridgehead atoms. The number of nitrogen functional groups attached to an aromatic ring is 2. The maximum Gasteiger partial charge on any atom is 0.418 e. The van der Waals surface area contributed by atoms with Gasteiger partial charge in [-0.1, -0.05) is 11.6 Å². The van der Waals surface area contributed by atoms with Crippen LogP contribution in [0.4, 0.5) is 39.4 Å². The number of nitrogens with two attached hydrogens (primary N) is 2. The summed E-state index contributed by atoms with van der Waals surface area (Å²) in [6.07, 6.45) is -2.72. The van der Waals surface area contributed by atoms with Crippen LogP contribution in [0.1, 0.15) is 56.0 Å². The number of aromatic nitrogens is 5. The van der Waals surface area contributed by atoms with Crippen LogP contribution in [-0.2, 0) is 6.18 Å². The van der Waals surface area contributed by atoms with Gasteiger partial charge in [0.15, 0.2) is 5.82 Å². The molecule has 17 heteroatoms. The number of pyridine rings is 3. The first-order chi connectivity index (χ1) is 23.2. The standard InChI is InChI=1S/C32H33ClF5N9O2/c1-14-12-48-29-22-26(24(35)25(43-29)20-8-21(39)42-15(2)23(20)32(36,37)38)44-30(49-13-31-5-4-6-46(31)11-18(34)9-31)45-28(22)47(14)16(3)19-7-17(33)10-41-27(19)40/h7-8,10,14,16,18H,4-6,9,11-13H2,1-3H3,(H2,39,42)(H2,40,41)/t14-,16+,18+,31-/m0/s1. The molecule has 49 heavy (non-hydrogen) atoms. The van der Waals surface area contributed by atoms with Gasteiger partial charge in [0.25, 0.3) is 0 Å². The molecule has 2 saturated heterocycles. The highest BCUT2D eigenvalue weighted by Gasteiger charge is 2.49. The van der Waals surface area contributed by atoms with E-state index in [0.717, 1.165) is 19.4 Å². The van der Waals surface area contributed by atoms with Crippen LogP contribution in [0.15, 0.2) is 18.3 Å². The van der Waals surface area contributed by atoms with E-state index >= 15 is 4.39 Å². The fraction of sp³-hybridized carbons (Fsp3) is 0.469. The summed E-state index contributed by atoms with van der Waals surface area (Å²) in [5, 5.41) is 0.343. The van der Waals surface area contributed by atoms with Crippen LogP contribution in [0.3, 0.4) is 0 Å². The third kappa shape index (κ3) is 5.67. The molecule has 4 atom stereocenters. The van der Waals surface area contributed by atoms with E-state index in [2.05, 4.69) is 19.9 Å². The lowest BCUT2D eigenvalue weighted by molar-refractivity contribution is -0.137. The number of hydrogen-bond donors (Lipinski definition) is 2. The van der Waals surface area contributed by atoms with E-state index in [0.29, 0.717) is 23.6 Å². The average Bonchev–Trinajstić information content (AvgIpc) is 3.50. The topological polar surface area (TPSA) is 141 Å². The zero-order valence-corrected chi connectivity index (χ0v) is 27.5. The lowest BCUT2D eigenvalue weighted by Gasteiger charge is -2.35. The Balaban J connectivity index is 1.45. The van der Waals surface area contributed by atoms with E-state index in [1.165, 1.54) is 6.20 Å². The second-order valence-corrected chi connectivity index (χ2v) is 13.4. The Morgan fingerprint density at radius 1 is 1.18 bits per heavy atom. The summed E-state index contributed by atoms with van der Waals surface area (Å²) >= 11 is 6.29. The van der Waals surface area contributed by atoms with Crippen molar-refractivity contribution >= 4 is 40.0 Å². The molecule has 0 aromatic carbocycles. The van der Waals surface area contributed by atoms with Crippen LogP contribution in [0.5, 0.6) is 11.9 Å². The van der Waals surface area contributed by atoms with Gasteiger partial charge in [0.1, 0.15) is 53.4 Å². The molecule has 0 spiro atoms. The first-order valence-electron chi connectivity index (χ1n) is 15.8. The summed E-state index contributed by atoms with van der Waals surface area (Å²) in [7, 11) is 0. The molecule has 0 amide bonds. The van der Waals surface area contributed by atoms with Crippen LogP contribution < -0.4 is 25.8 Å². The largest absolute Gasteiger partial charge is 0.475 e. The van der Waals surface area contributed by atoms with Gasteiger partial charge in [0.05, 0.1) is 33.9 Å². The van der Waals surface area contributed by atoms with Gasteiger partial charge < -0.3 is 25.8 Å². The van der Waals surface area contributed by atoms with Crippen molar-refractivity contribution in [3.63, 3.8) is 0 Å². The summed E-state index contributed by atoms with van der Waals surface area (Å²) in [4.78, 5) is 25.2. The minimum atomic E-state index is -4.92. The van der Waals surface area contributed by atoms with E-state index in [1.54, 1.807) is 11.0 Å². The maximum atomic E-state index is 16.9. The molecule has 4 aromatic rings. The second-order valence-electron chi connectivity index (χ2n) is 12.9. The normalized spacial score (nSPS) is 23.0. The van der Waals surface area contributed by atoms with E-state index in [1.807, 2.05) is 18.7 Å². The number of anilines is 3. The summed E-state index contributed by atoms with van der Waals surface area (Å²) in [5.41, 5.74) is 8.73. The van der Waals surface area contributed by atoms with E-state index < -0.39 is 58.3 Å². The Morgan fingerprint density at radius 3 is 2.71 bits per heavy atom. The molecule has 0 radical (unpaired) electrons. The molecule has 7 heterocycles. The molecule has 2 fully saturated rings. The quantitative estimate of drug-likeness (QED) is 0.226. The van der Waals surface area contributed by atoms with Crippen LogP contribution in [0.2, 0.25) is 5.02 Å². The molecular formula is C32H33ClF5N9O2. The van der Waals surface area contributed by atoms with Gasteiger partial charge in [0, 0.05) is 30.3 Å². The summed E-state index contributed by atoms with van der Waals surface area (Å²) in [6, 6.07) is 1.27. The number of aryl methyl sites for hydroxylation is 1. The highest BCUT2D eigenvalue weighted by Crippen LogP contribution is 2.47. The molecular weight excluding hydrogens is 673 g/mol. The lowest BCUT2D eigenvalue weighted by atomic mass is 9.95. The van der Waals surface area contributed by atoms with Crippen molar-refractivity contribution in [1.29, 1.82) is 0 Å². The van der Waals surface area contributed by atoms with Gasteiger partial charge in [-0.2, -0.15) is 23.1 Å². The maximum absolute atomic E-state index is 16.9. The van der Waals surface area contributed by atoms with Crippen LogP contribution in [-0.4, -0.2) is 73.9 Å². The predicted octanol–water partition coefficient (Wildman–Crippen LogP) is 6.07. The van der Waals surface area contributed by atoms with Crippen LogP contribution in [0, 0.1) is 12.7 Å². The van der Waals surface area contributed by atoms with Gasteiger partial charge in [-0.25, -0.2) is 23.7 Å². The Labute approximate surface area is 282 Å². The minimum Gasteiger partial charge on any atom is -0.475 e. The van der Waals surface area contributed by atoms with Crippen LogP contribution >= 0.6 is 11.6 Å². The Morgan fingerprint density at radius 2 is 1.96 bits per heavy atom. The zero-order chi connectivity index (χ0) is 35.0. The SMILES string of the molecule is Cc1nc(N)cc(-c2nc3c4c(nc(OC[C@@]56CCCN5C[C@H](F)C6)nc4c2F)N([C@H](C)c2cc(Cl)cnc2N)[C@@H](C)CO3)c1C(F)(F)F. The number of nitrogens with zero attached hydrogens (tertiary/aromatic N) is 7. The Kier molecular flexibility index (Phi) is 8.08. The lowest BCUT2D eigenvalue weighted by Crippen LogP contribution is -2.43. The number of halogens is 6. The molecule has 7 rings (SSSR count). The second kappa shape index (κ2) is 11.9. The molecule has 0 aliphatic carbocycles. The molecule has 11 nitrogen and oxygen atoms in total. The van der Waals surface area contributed by atoms with Gasteiger partial charge >= 0.3 is 12.2 Å². The smallest absolute Gasteiger partial charge is 0.418 e. The van der Waals surface area contributed by atoms with Crippen molar-refractivity contribution < 1.29 is 31.4 Å². The fourth-order valence-corrected chi connectivity index (χ4v) is 7.70. The number of alkyl halides is 4. The molecule has 4 aromatic heterocycles. The molecule has 260 valence electrons. The molecule has 0 saturated carbocycles. The first-order valence-corrected chi connectivity index (χ1v) is 16.1. The predicted molar refractivity (Wildman–Crippen MR) is 173 cm³/mol. The van der Waals surface area contributed by atoms with Gasteiger partial charge in [-0.05, 0) is 52.3 Å². The summed E-state index contributed by atoms with van der Waals surface area (Å²) in [6.45, 7) is 5.77. The molecule has 3 aliphatic rings. The Bertz CT molecular complexity index is 1970. The van der Waals surface area contributed by atoms with Crippen molar-refractivity contribution in [3.05, 3.63) is 46.0 Å². The van der Waals surface area contributed by atoms with Crippen LogP contribution in [0.25, 0.3) is 22.2 Å². The van der Waals surface area contributed by atoms with E-state index in [-0.39, 0.29) is 66.4 Å². The highest BCUT2D eigenvalue weighted by molar-refractivity contribution is 6.30. The highest BCUT2D eigenvalue weighted by atomic mass is 35.5. The fourth-order valence-electron chi connectivity index (χ4n) is 7.53. The number of ether oxygens (including phenoxy) is 2. The number of hydrogen-bond acceptors (Lipinski definition) is 11. The van der Waals surface area contributed by atoms with Crippen molar-refractivity contribution in [2.45, 2.75) is 70.0 Å². The van der Waals surface area contributed by atoms with Gasteiger partial charge in [0.2, 0.25) is 5.88 Å². The summed E-state index contributed by atoms with van der Waals surface area (Å²) in [5.74, 6) is -1.29. The molecule has 0 unspecified atom stereocenters. The minimum absolute atomic E-state index is 0.0102. The number of rotatable bonds is 6. The van der Waals surface area contributed by atoms with E-state index in [4.69, 9.17) is 37.5 Å². The van der Waals surface area contributed by atoms with E-state index in [9.17, 15) is 17.6 Å². The monoisotopic (exact) mass is 705 g/mol. The average molecular weight is 706 g/mol.